The van der Waals surface area contributed by atoms with E-state index in [9.17, 15) is 8.42 Å². The molecule has 0 aromatic carbocycles. The van der Waals surface area contributed by atoms with E-state index in [1.54, 1.807) is 7.11 Å². The Morgan fingerprint density at radius 2 is 2.24 bits per heavy atom. The quantitative estimate of drug-likeness (QED) is 0.566. The minimum Gasteiger partial charge on any atom is -0.381 e. The van der Waals surface area contributed by atoms with E-state index in [1.807, 2.05) is 34.8 Å². The highest BCUT2D eigenvalue weighted by Gasteiger charge is 2.15. The molecule has 98 valence electrons. The topological polar surface area (TPSA) is 72.4 Å². The van der Waals surface area contributed by atoms with Crippen LogP contribution in [0, 0.1) is 0 Å². The van der Waals surface area contributed by atoms with Crippen LogP contribution in [0.5, 0.6) is 0 Å². The van der Waals surface area contributed by atoms with Crippen LogP contribution >= 0.6 is 0 Å². The van der Waals surface area contributed by atoms with E-state index in [1.165, 1.54) is 0 Å². The predicted molar refractivity (Wildman–Crippen MR) is 62.2 cm³/mol. The lowest BCUT2D eigenvalue weighted by Crippen LogP contribution is -2.33. The normalized spacial score (nSPS) is 13.8. The Balaban J connectivity index is 2.51. The molecule has 1 aromatic heterocycles. The van der Waals surface area contributed by atoms with E-state index in [0.29, 0.717) is 13.0 Å². The van der Waals surface area contributed by atoms with Gasteiger partial charge in [0.15, 0.2) is 0 Å². The first-order valence-electron chi connectivity index (χ1n) is 5.43. The second-order valence-electron chi connectivity index (χ2n) is 4.02. The molecule has 7 heteroatoms. The number of methoxy groups -OCH3 is 1. The van der Waals surface area contributed by atoms with Crippen LogP contribution < -0.4 is 4.57 Å². The maximum atomic E-state index is 10.6. The predicted octanol–water partition coefficient (Wildman–Crippen LogP) is 0.261. The zero-order valence-electron chi connectivity index (χ0n) is 10.1. The highest BCUT2D eigenvalue weighted by molar-refractivity contribution is 7.85. The van der Waals surface area contributed by atoms with Gasteiger partial charge in [0.1, 0.15) is 18.9 Å². The van der Waals surface area contributed by atoms with Crippen LogP contribution in [0.15, 0.2) is 18.7 Å². The molecule has 1 atom stereocenters. The minimum absolute atomic E-state index is 0.0284. The molecular weight excluding hydrogens is 244 g/mol. The molecule has 0 saturated carbocycles. The summed E-state index contributed by atoms with van der Waals surface area (Å²) in [5.41, 5.74) is 0. The smallest absolute Gasteiger partial charge is 0.265 e. The van der Waals surface area contributed by atoms with E-state index in [2.05, 4.69) is 0 Å². The highest BCUT2D eigenvalue weighted by Crippen LogP contribution is 2.10. The van der Waals surface area contributed by atoms with Crippen molar-refractivity contribution in [2.24, 2.45) is 0 Å². The van der Waals surface area contributed by atoms with E-state index in [-0.39, 0.29) is 11.8 Å². The molecule has 0 fully saturated rings. The second kappa shape index (κ2) is 6.13. The summed E-state index contributed by atoms with van der Waals surface area (Å²) in [5.74, 6) is -0.218. The van der Waals surface area contributed by atoms with Gasteiger partial charge in [-0.25, -0.2) is 9.13 Å². The first-order chi connectivity index (χ1) is 7.92. The first kappa shape index (κ1) is 14.1. The Kier molecular flexibility index (Phi) is 5.10. The molecule has 1 N–H and O–H groups in total. The number of ether oxygens (including phenoxy) is 1. The molecule has 0 bridgehead atoms. The molecule has 1 aromatic rings. The largest absolute Gasteiger partial charge is 0.381 e. The summed E-state index contributed by atoms with van der Waals surface area (Å²) in [6, 6.07) is 0.0284. The van der Waals surface area contributed by atoms with Crippen molar-refractivity contribution in [1.29, 1.82) is 0 Å². The second-order valence-corrected chi connectivity index (χ2v) is 5.59. The third-order valence-electron chi connectivity index (χ3n) is 2.57. The van der Waals surface area contributed by atoms with Crippen LogP contribution in [0.25, 0.3) is 0 Å². The third kappa shape index (κ3) is 5.29. The lowest BCUT2D eigenvalue weighted by atomic mass is 10.2. The standard InChI is InChI=1S/C10H18N2O4S/c1-10(3-8-17(13,14)15)12-5-4-11(9-12)6-7-16-2/h4-5,9-10H,3,6-8H2,1-2H3/p+1. The average molecular weight is 263 g/mol. The van der Waals surface area contributed by atoms with Crippen molar-refractivity contribution in [3.63, 3.8) is 0 Å². The van der Waals surface area contributed by atoms with Crippen molar-refractivity contribution >= 4 is 10.1 Å². The van der Waals surface area contributed by atoms with Crippen molar-refractivity contribution in [3.8, 4) is 0 Å². The molecule has 0 radical (unpaired) electrons. The van der Waals surface area contributed by atoms with E-state index in [0.717, 1.165) is 6.54 Å². The van der Waals surface area contributed by atoms with Crippen LogP contribution in [0.2, 0.25) is 0 Å². The van der Waals surface area contributed by atoms with Crippen LogP contribution in [0.3, 0.4) is 0 Å². The minimum atomic E-state index is -3.87. The fourth-order valence-electron chi connectivity index (χ4n) is 1.47. The monoisotopic (exact) mass is 263 g/mol. The van der Waals surface area contributed by atoms with Crippen molar-refractivity contribution in [2.45, 2.75) is 25.9 Å². The number of nitrogens with zero attached hydrogens (tertiary/aromatic N) is 2. The summed E-state index contributed by atoms with van der Waals surface area (Å²) in [6.07, 6.45) is 6.07. The number of aromatic nitrogens is 2. The molecule has 6 nitrogen and oxygen atoms in total. The molecule has 0 spiro atoms. The van der Waals surface area contributed by atoms with Crippen LogP contribution in [0.1, 0.15) is 19.4 Å². The molecule has 1 heterocycles. The Morgan fingerprint density at radius 1 is 1.53 bits per heavy atom. The molecule has 0 saturated heterocycles. The van der Waals surface area contributed by atoms with Gasteiger partial charge in [0.25, 0.3) is 10.1 Å². The van der Waals surface area contributed by atoms with Crippen LogP contribution in [-0.2, 0) is 21.4 Å². The zero-order chi connectivity index (χ0) is 12.9. The number of hydrogen-bond acceptors (Lipinski definition) is 3. The molecule has 17 heavy (non-hydrogen) atoms. The Morgan fingerprint density at radius 3 is 2.82 bits per heavy atom. The Hall–Kier alpha value is -0.920. The van der Waals surface area contributed by atoms with E-state index >= 15 is 0 Å². The van der Waals surface area contributed by atoms with Gasteiger partial charge in [0.2, 0.25) is 6.33 Å². The zero-order valence-corrected chi connectivity index (χ0v) is 10.9. The van der Waals surface area contributed by atoms with Gasteiger partial charge in [0.05, 0.1) is 18.4 Å². The average Bonchev–Trinajstić information content (AvgIpc) is 2.70. The molecular formula is C10H19N2O4S+. The van der Waals surface area contributed by atoms with Crippen LogP contribution in [-0.4, -0.2) is 37.0 Å². The van der Waals surface area contributed by atoms with Gasteiger partial charge < -0.3 is 4.74 Å². The summed E-state index contributed by atoms with van der Waals surface area (Å²) in [5, 5.41) is 0. The van der Waals surface area contributed by atoms with Gasteiger partial charge >= 0.3 is 0 Å². The number of hydrogen-bond donors (Lipinski definition) is 1. The Labute approximate surface area is 102 Å². The van der Waals surface area contributed by atoms with Gasteiger partial charge in [-0.1, -0.05) is 0 Å². The fourth-order valence-corrected chi connectivity index (χ4v) is 2.11. The van der Waals surface area contributed by atoms with Gasteiger partial charge in [-0.15, -0.1) is 0 Å². The number of rotatable bonds is 7. The van der Waals surface area contributed by atoms with Crippen molar-refractivity contribution in [1.82, 2.24) is 4.57 Å². The van der Waals surface area contributed by atoms with E-state index < -0.39 is 10.1 Å². The van der Waals surface area contributed by atoms with Crippen molar-refractivity contribution < 1.29 is 22.3 Å². The molecule has 1 unspecified atom stereocenters. The summed E-state index contributed by atoms with van der Waals surface area (Å²) in [4.78, 5) is 0. The molecule has 0 aliphatic carbocycles. The molecule has 0 aliphatic heterocycles. The van der Waals surface area contributed by atoms with Gasteiger partial charge in [-0.2, -0.15) is 8.42 Å². The lowest BCUT2D eigenvalue weighted by Gasteiger charge is -2.05. The lowest BCUT2D eigenvalue weighted by molar-refractivity contribution is -0.697. The maximum absolute atomic E-state index is 10.6. The van der Waals surface area contributed by atoms with Gasteiger partial charge in [0, 0.05) is 13.5 Å². The molecule has 0 aliphatic rings. The Bertz CT molecular complexity index is 441. The molecule has 0 amide bonds. The first-order valence-corrected chi connectivity index (χ1v) is 7.04. The number of imidazole rings is 1. The maximum Gasteiger partial charge on any atom is 0.265 e. The van der Waals surface area contributed by atoms with Crippen molar-refractivity contribution in [3.05, 3.63) is 18.7 Å². The SMILES string of the molecule is COCC[n+]1ccn(C(C)CCS(=O)(=O)O)c1. The highest BCUT2D eigenvalue weighted by atomic mass is 32.2. The fraction of sp³-hybridized carbons (Fsp3) is 0.700. The van der Waals surface area contributed by atoms with Crippen molar-refractivity contribution in [2.75, 3.05) is 19.5 Å². The van der Waals surface area contributed by atoms with Crippen LogP contribution in [0.4, 0.5) is 0 Å². The van der Waals surface area contributed by atoms with Gasteiger partial charge in [-0.3, -0.25) is 4.55 Å². The summed E-state index contributed by atoms with van der Waals surface area (Å²) in [7, 11) is -2.23. The summed E-state index contributed by atoms with van der Waals surface area (Å²) >= 11 is 0. The van der Waals surface area contributed by atoms with E-state index in [4.69, 9.17) is 9.29 Å². The van der Waals surface area contributed by atoms with Gasteiger partial charge in [-0.05, 0) is 6.92 Å². The summed E-state index contributed by atoms with van der Waals surface area (Å²) < 4.78 is 38.8. The third-order valence-corrected chi connectivity index (χ3v) is 3.32. The molecule has 1 rings (SSSR count). The summed E-state index contributed by atoms with van der Waals surface area (Å²) in [6.45, 7) is 3.30.